The Labute approximate surface area is 149 Å². The molecule has 1 aromatic carbocycles. The van der Waals surface area contributed by atoms with E-state index >= 15 is 0 Å². The topological polar surface area (TPSA) is 64.0 Å². The number of thioether (sulfide) groups is 1. The fraction of sp³-hybridized carbons (Fsp3) is 0.353. The van der Waals surface area contributed by atoms with Crippen molar-refractivity contribution in [1.29, 1.82) is 0 Å². The number of carbonyl (C=O) groups is 1. The first-order valence-corrected chi connectivity index (χ1v) is 9.02. The highest BCUT2D eigenvalue weighted by atomic mass is 35.5. The summed E-state index contributed by atoms with van der Waals surface area (Å²) in [4.78, 5) is 29.4. The summed E-state index contributed by atoms with van der Waals surface area (Å²) in [7, 11) is 0. The minimum absolute atomic E-state index is 0.0563. The molecule has 0 aliphatic carbocycles. The van der Waals surface area contributed by atoms with Crippen LogP contribution in [0.15, 0.2) is 28.2 Å². The first-order chi connectivity index (χ1) is 11.4. The standard InChI is InChI=1S/C17H18ClN3O2S/c1-9-11(3)19-17-21(16(9)23)12(8-24-17)7-15(22)20-14-6-4-5-13(18)10(14)2/h4-6,12H,7-8H2,1-3H3,(H,20,22). The lowest BCUT2D eigenvalue weighted by Gasteiger charge is -2.15. The monoisotopic (exact) mass is 363 g/mol. The predicted octanol–water partition coefficient (Wildman–Crippen LogP) is 3.50. The molecule has 0 saturated heterocycles. The molecule has 5 nitrogen and oxygen atoms in total. The van der Waals surface area contributed by atoms with E-state index < -0.39 is 0 Å². The van der Waals surface area contributed by atoms with E-state index in [0.29, 0.717) is 27.2 Å². The molecule has 1 atom stereocenters. The molecular weight excluding hydrogens is 346 g/mol. The molecule has 0 spiro atoms. The van der Waals surface area contributed by atoms with E-state index in [9.17, 15) is 9.59 Å². The Bertz CT molecular complexity index is 879. The number of hydrogen-bond donors (Lipinski definition) is 1. The van der Waals surface area contributed by atoms with Gasteiger partial charge in [-0.15, -0.1) is 0 Å². The van der Waals surface area contributed by atoms with Crippen molar-refractivity contribution in [2.45, 2.75) is 38.4 Å². The molecule has 1 N–H and O–H groups in total. The lowest BCUT2D eigenvalue weighted by molar-refractivity contribution is -0.116. The Kier molecular flexibility index (Phi) is 4.69. The van der Waals surface area contributed by atoms with Gasteiger partial charge >= 0.3 is 0 Å². The van der Waals surface area contributed by atoms with Gasteiger partial charge in [0.2, 0.25) is 5.91 Å². The zero-order valence-electron chi connectivity index (χ0n) is 13.7. The van der Waals surface area contributed by atoms with E-state index in [2.05, 4.69) is 10.3 Å². The number of benzene rings is 1. The second-order valence-electron chi connectivity index (χ2n) is 5.91. The average Bonchev–Trinajstić information content (AvgIpc) is 2.92. The summed E-state index contributed by atoms with van der Waals surface area (Å²) in [5.74, 6) is 0.538. The van der Waals surface area contributed by atoms with Crippen molar-refractivity contribution in [3.8, 4) is 0 Å². The average molecular weight is 364 g/mol. The van der Waals surface area contributed by atoms with Crippen molar-refractivity contribution in [3.63, 3.8) is 0 Å². The van der Waals surface area contributed by atoms with E-state index in [1.807, 2.05) is 19.9 Å². The van der Waals surface area contributed by atoms with Crippen molar-refractivity contribution >= 4 is 35.0 Å². The number of halogens is 1. The summed E-state index contributed by atoms with van der Waals surface area (Å²) in [5.41, 5.74) is 2.86. The Balaban J connectivity index is 1.80. The molecular formula is C17H18ClN3O2S. The van der Waals surface area contributed by atoms with Crippen LogP contribution in [0.4, 0.5) is 5.69 Å². The third-order valence-corrected chi connectivity index (χ3v) is 5.79. The number of aryl methyl sites for hydroxylation is 1. The zero-order valence-corrected chi connectivity index (χ0v) is 15.3. The molecule has 3 rings (SSSR count). The number of anilines is 1. The van der Waals surface area contributed by atoms with Gasteiger partial charge in [0.25, 0.3) is 5.56 Å². The SMILES string of the molecule is Cc1nc2n(c(=O)c1C)C(CC(=O)Nc1cccc(Cl)c1C)CS2. The summed E-state index contributed by atoms with van der Waals surface area (Å²) >= 11 is 7.60. The number of amides is 1. The molecule has 1 aliphatic rings. The van der Waals surface area contributed by atoms with Gasteiger partial charge in [-0.3, -0.25) is 14.2 Å². The van der Waals surface area contributed by atoms with Crippen LogP contribution >= 0.6 is 23.4 Å². The van der Waals surface area contributed by atoms with Gasteiger partial charge in [0.05, 0.1) is 6.04 Å². The molecule has 1 unspecified atom stereocenters. The second kappa shape index (κ2) is 6.61. The minimum atomic E-state index is -0.177. The highest BCUT2D eigenvalue weighted by Crippen LogP contribution is 2.33. The van der Waals surface area contributed by atoms with Crippen LogP contribution in [0, 0.1) is 20.8 Å². The molecule has 1 amide bonds. The van der Waals surface area contributed by atoms with Gasteiger partial charge < -0.3 is 5.32 Å². The van der Waals surface area contributed by atoms with Gasteiger partial charge in [-0.1, -0.05) is 29.4 Å². The van der Waals surface area contributed by atoms with E-state index in [-0.39, 0.29) is 23.9 Å². The number of rotatable bonds is 3. The van der Waals surface area contributed by atoms with Crippen LogP contribution in [0.5, 0.6) is 0 Å². The summed E-state index contributed by atoms with van der Waals surface area (Å²) in [6, 6.07) is 5.22. The van der Waals surface area contributed by atoms with Crippen LogP contribution < -0.4 is 10.9 Å². The molecule has 126 valence electrons. The van der Waals surface area contributed by atoms with Crippen molar-refractivity contribution in [2.24, 2.45) is 0 Å². The molecule has 1 aliphatic heterocycles. The maximum atomic E-state index is 12.5. The van der Waals surface area contributed by atoms with Crippen LogP contribution in [0.25, 0.3) is 0 Å². The number of fused-ring (bicyclic) bond motifs is 1. The van der Waals surface area contributed by atoms with E-state index in [4.69, 9.17) is 11.6 Å². The maximum absolute atomic E-state index is 12.5. The summed E-state index contributed by atoms with van der Waals surface area (Å²) in [5, 5.41) is 4.19. The molecule has 0 bridgehead atoms. The second-order valence-corrected chi connectivity index (χ2v) is 7.30. The van der Waals surface area contributed by atoms with Crippen LogP contribution in [0.3, 0.4) is 0 Å². The fourth-order valence-electron chi connectivity index (χ4n) is 2.68. The lowest BCUT2D eigenvalue weighted by atomic mass is 10.1. The molecule has 2 aromatic rings. The van der Waals surface area contributed by atoms with Gasteiger partial charge in [-0.2, -0.15) is 0 Å². The minimum Gasteiger partial charge on any atom is -0.326 e. The number of carbonyl (C=O) groups excluding carboxylic acids is 1. The molecule has 0 radical (unpaired) electrons. The van der Waals surface area contributed by atoms with Crippen LogP contribution in [0.2, 0.25) is 5.02 Å². The Morgan fingerprint density at radius 3 is 2.88 bits per heavy atom. The van der Waals surface area contributed by atoms with Gasteiger partial charge in [-0.25, -0.2) is 4.98 Å². The van der Waals surface area contributed by atoms with Crippen molar-refractivity contribution < 1.29 is 4.79 Å². The maximum Gasteiger partial charge on any atom is 0.257 e. The molecule has 24 heavy (non-hydrogen) atoms. The predicted molar refractivity (Wildman–Crippen MR) is 97.2 cm³/mol. The molecule has 7 heteroatoms. The highest BCUT2D eigenvalue weighted by molar-refractivity contribution is 7.99. The number of aromatic nitrogens is 2. The van der Waals surface area contributed by atoms with Crippen molar-refractivity contribution in [1.82, 2.24) is 9.55 Å². The van der Waals surface area contributed by atoms with Gasteiger partial charge in [0, 0.05) is 34.1 Å². The van der Waals surface area contributed by atoms with Crippen molar-refractivity contribution in [2.75, 3.05) is 11.1 Å². The van der Waals surface area contributed by atoms with E-state index in [0.717, 1.165) is 11.3 Å². The van der Waals surface area contributed by atoms with Crippen molar-refractivity contribution in [3.05, 3.63) is 50.4 Å². The zero-order chi connectivity index (χ0) is 17.4. The van der Waals surface area contributed by atoms with E-state index in [1.54, 1.807) is 23.6 Å². The third-order valence-electron chi connectivity index (χ3n) is 4.28. The summed E-state index contributed by atoms with van der Waals surface area (Å²) in [6.07, 6.45) is 0.232. The van der Waals surface area contributed by atoms with Gasteiger partial charge in [0.15, 0.2) is 5.16 Å². The third kappa shape index (κ3) is 3.08. The summed E-state index contributed by atoms with van der Waals surface area (Å²) in [6.45, 7) is 5.46. The van der Waals surface area contributed by atoms with Crippen LogP contribution in [-0.4, -0.2) is 21.2 Å². The Hall–Kier alpha value is -1.79. The van der Waals surface area contributed by atoms with Gasteiger partial charge in [0.1, 0.15) is 0 Å². The molecule has 1 aromatic heterocycles. The van der Waals surface area contributed by atoms with Crippen LogP contribution in [0.1, 0.15) is 29.3 Å². The number of nitrogens with one attached hydrogen (secondary N) is 1. The smallest absolute Gasteiger partial charge is 0.257 e. The van der Waals surface area contributed by atoms with Crippen LogP contribution in [-0.2, 0) is 4.79 Å². The lowest BCUT2D eigenvalue weighted by Crippen LogP contribution is -2.29. The molecule has 0 fully saturated rings. The first kappa shape index (κ1) is 17.0. The molecule has 2 heterocycles. The first-order valence-electron chi connectivity index (χ1n) is 7.66. The quantitative estimate of drug-likeness (QED) is 0.848. The number of nitrogens with zero attached hydrogens (tertiary/aromatic N) is 2. The Morgan fingerprint density at radius 1 is 1.38 bits per heavy atom. The molecule has 0 saturated carbocycles. The van der Waals surface area contributed by atoms with E-state index in [1.165, 1.54) is 11.8 Å². The Morgan fingerprint density at radius 2 is 2.12 bits per heavy atom. The normalized spacial score (nSPS) is 16.1. The summed E-state index contributed by atoms with van der Waals surface area (Å²) < 4.78 is 1.65. The fourth-order valence-corrected chi connectivity index (χ4v) is 4.04. The number of hydrogen-bond acceptors (Lipinski definition) is 4. The largest absolute Gasteiger partial charge is 0.326 e. The van der Waals surface area contributed by atoms with Gasteiger partial charge in [-0.05, 0) is 38.5 Å². The highest BCUT2D eigenvalue weighted by Gasteiger charge is 2.28.